The summed E-state index contributed by atoms with van der Waals surface area (Å²) in [5.41, 5.74) is 11.1. The fourth-order valence-corrected chi connectivity index (χ4v) is 21.3. The van der Waals surface area contributed by atoms with Gasteiger partial charge in [0.2, 0.25) is 0 Å². The van der Waals surface area contributed by atoms with Crippen LogP contribution in [0, 0.1) is 0 Å². The predicted molar refractivity (Wildman–Crippen MR) is 139 cm³/mol. The SMILES string of the molecule is CCCC1=CC2=C(CCCC2)[CH]1[Ti]([CH3])([CH3])(=[SiH2])[CH]1C(CCC)=CC2=C1CCCC2.Cl.Cl. The van der Waals surface area contributed by atoms with Gasteiger partial charge in [-0.15, -0.1) is 24.8 Å². The molecule has 0 aromatic heterocycles. The first-order valence-corrected chi connectivity index (χ1v) is 21.2. The van der Waals surface area contributed by atoms with Gasteiger partial charge in [-0.05, 0) is 0 Å². The first-order valence-electron chi connectivity index (χ1n) is 12.3. The fraction of sp³-hybridized carbons (Fsp3) is 0.692. The molecule has 2 atom stereocenters. The summed E-state index contributed by atoms with van der Waals surface area (Å²) in [6, 6.07) is 0. The van der Waals surface area contributed by atoms with E-state index in [9.17, 15) is 0 Å². The quantitative estimate of drug-likeness (QED) is 0.318. The molecule has 4 heteroatoms. The molecule has 4 aliphatic rings. The molecule has 0 amide bonds. The molecule has 30 heavy (non-hydrogen) atoms. The van der Waals surface area contributed by atoms with Gasteiger partial charge in [0.1, 0.15) is 0 Å². The normalized spacial score (nSPS) is 26.4. The predicted octanol–water partition coefficient (Wildman–Crippen LogP) is 8.96. The van der Waals surface area contributed by atoms with Crippen molar-refractivity contribution in [3.8, 4) is 0 Å². The van der Waals surface area contributed by atoms with Crippen molar-refractivity contribution < 1.29 is 14.0 Å². The van der Waals surface area contributed by atoms with E-state index in [1.54, 1.807) is 11.1 Å². The molecule has 0 nitrogen and oxygen atoms in total. The van der Waals surface area contributed by atoms with Gasteiger partial charge in [0.25, 0.3) is 0 Å². The molecule has 2 unspecified atom stereocenters. The van der Waals surface area contributed by atoms with Crippen molar-refractivity contribution in [1.82, 2.24) is 0 Å². The molecule has 0 aliphatic heterocycles. The second kappa shape index (κ2) is 10.2. The summed E-state index contributed by atoms with van der Waals surface area (Å²) in [5, 5.41) is 5.71. The van der Waals surface area contributed by atoms with E-state index in [-0.39, 0.29) is 24.8 Å². The third kappa shape index (κ3) is 4.58. The number of rotatable bonds is 6. The third-order valence-corrected chi connectivity index (χ3v) is 19.8. The summed E-state index contributed by atoms with van der Waals surface area (Å²) < 4.78 is 1.70. The Morgan fingerprint density at radius 2 is 1.10 bits per heavy atom. The first-order chi connectivity index (χ1) is 13.4. The Bertz CT molecular complexity index is 788. The molecular formula is C26H44Cl2SiTi. The van der Waals surface area contributed by atoms with Crippen molar-refractivity contribution in [2.45, 2.75) is 110 Å². The van der Waals surface area contributed by atoms with Gasteiger partial charge in [0.15, 0.2) is 0 Å². The van der Waals surface area contributed by atoms with E-state index >= 15 is 0 Å². The zero-order chi connectivity index (χ0) is 20.0. The summed E-state index contributed by atoms with van der Waals surface area (Å²) in [5.74, 6) is 0. The van der Waals surface area contributed by atoms with Crippen LogP contribution in [0.15, 0.2) is 45.6 Å². The largest absolute Gasteiger partial charge is 0.147 e. The van der Waals surface area contributed by atoms with Crippen molar-refractivity contribution in [1.29, 1.82) is 0 Å². The molecule has 4 aliphatic carbocycles. The van der Waals surface area contributed by atoms with Gasteiger partial charge in [0.05, 0.1) is 0 Å². The van der Waals surface area contributed by atoms with Crippen LogP contribution in [-0.2, 0) is 14.0 Å². The average molecular weight is 503 g/mol. The standard InChI is InChI=1S/2C12H17.2CH3.2ClH.H2Si.Ti/c2*1-2-5-10-8-11-6-3-4-7-12(11)9-10;;;;;;/h2*8-9H,2-7H2,1H3;2*1H3;2*1H;1H2;. The topological polar surface area (TPSA) is 0 Å². The maximum Gasteiger partial charge on any atom is -0.147 e. The molecule has 0 radical (unpaired) electrons. The van der Waals surface area contributed by atoms with Crippen LogP contribution < -0.4 is 0 Å². The van der Waals surface area contributed by atoms with Crippen LogP contribution in [0.25, 0.3) is 0 Å². The second-order valence-electron chi connectivity index (χ2n) is 11.3. The smallest absolute Gasteiger partial charge is 0.147 e. The van der Waals surface area contributed by atoms with Gasteiger partial charge >= 0.3 is 177 Å². The maximum atomic E-state index is 2.85. The van der Waals surface area contributed by atoms with E-state index in [2.05, 4.69) is 44.1 Å². The van der Waals surface area contributed by atoms with Crippen molar-refractivity contribution in [2.75, 3.05) is 0 Å². The molecular weight excluding hydrogens is 459 g/mol. The van der Waals surface area contributed by atoms with E-state index in [1.165, 1.54) is 77.0 Å². The molecule has 0 saturated heterocycles. The molecule has 0 N–H and O–H groups in total. The van der Waals surface area contributed by atoms with Crippen molar-refractivity contribution in [2.24, 2.45) is 0 Å². The van der Waals surface area contributed by atoms with Crippen LogP contribution in [0.5, 0.6) is 0 Å². The van der Waals surface area contributed by atoms with E-state index in [0.717, 1.165) is 8.45 Å². The minimum atomic E-state index is -2.85. The molecule has 170 valence electrons. The Kier molecular flexibility index (Phi) is 9.06. The van der Waals surface area contributed by atoms with E-state index in [4.69, 9.17) is 0 Å². The molecule has 0 spiro atoms. The van der Waals surface area contributed by atoms with E-state index in [0.29, 0.717) is 0 Å². The van der Waals surface area contributed by atoms with Crippen LogP contribution in [0.1, 0.15) is 90.9 Å². The number of hydrogen-bond donors (Lipinski definition) is 0. The summed E-state index contributed by atoms with van der Waals surface area (Å²) in [4.78, 5) is 0. The van der Waals surface area contributed by atoms with Gasteiger partial charge in [-0.3, -0.25) is 0 Å². The van der Waals surface area contributed by atoms with Gasteiger partial charge < -0.3 is 0 Å². The van der Waals surface area contributed by atoms with Crippen molar-refractivity contribution in [3.63, 3.8) is 0 Å². The molecule has 0 saturated carbocycles. The van der Waals surface area contributed by atoms with Crippen LogP contribution in [-0.4, -0.2) is 7.63 Å². The van der Waals surface area contributed by atoms with E-state index in [1.807, 2.05) is 22.3 Å². The van der Waals surface area contributed by atoms with Crippen LogP contribution >= 0.6 is 24.8 Å². The second-order valence-corrected chi connectivity index (χ2v) is 31.4. The van der Waals surface area contributed by atoms with Gasteiger partial charge in [-0.2, -0.15) is 0 Å². The Hall–Kier alpha value is 0.471. The van der Waals surface area contributed by atoms with Crippen molar-refractivity contribution >= 4 is 32.4 Å². The van der Waals surface area contributed by atoms with Crippen LogP contribution in [0.3, 0.4) is 0 Å². The van der Waals surface area contributed by atoms with Gasteiger partial charge in [0, 0.05) is 0 Å². The average Bonchev–Trinajstić information content (AvgIpc) is 3.20. The zero-order valence-electron chi connectivity index (χ0n) is 19.8. The molecule has 0 aromatic rings. The van der Waals surface area contributed by atoms with Crippen LogP contribution in [0.2, 0.25) is 18.9 Å². The zero-order valence-corrected chi connectivity index (χ0v) is 24.4. The Morgan fingerprint density at radius 1 is 0.733 bits per heavy atom. The van der Waals surface area contributed by atoms with Crippen LogP contribution in [0.4, 0.5) is 0 Å². The molecule has 0 bridgehead atoms. The minimum Gasteiger partial charge on any atom is -0.147 e. The Balaban J connectivity index is 0.00000160. The van der Waals surface area contributed by atoms with Crippen molar-refractivity contribution in [3.05, 3.63) is 45.6 Å². The monoisotopic (exact) mass is 502 g/mol. The Morgan fingerprint density at radius 3 is 1.47 bits per heavy atom. The summed E-state index contributed by atoms with van der Waals surface area (Å²) in [7, 11) is 2.56. The third-order valence-electron chi connectivity index (χ3n) is 8.24. The van der Waals surface area contributed by atoms with Gasteiger partial charge in [-0.1, -0.05) is 0 Å². The Labute approximate surface area is 200 Å². The number of allylic oxidation sites excluding steroid dienone is 8. The summed E-state index contributed by atoms with van der Waals surface area (Å²) >= 11 is -2.85. The molecule has 4 rings (SSSR count). The minimum absolute atomic E-state index is 0. The number of hydrogen-bond acceptors (Lipinski definition) is 0. The maximum absolute atomic E-state index is 2.85. The number of halogens is 2. The molecule has 0 aromatic carbocycles. The van der Waals surface area contributed by atoms with E-state index < -0.39 is 14.0 Å². The summed E-state index contributed by atoms with van der Waals surface area (Å²) in [6.07, 6.45) is 21.9. The summed E-state index contributed by atoms with van der Waals surface area (Å²) in [6.45, 7) is 4.78. The fourth-order valence-electron chi connectivity index (χ4n) is 7.49. The van der Waals surface area contributed by atoms with Gasteiger partial charge in [-0.25, -0.2) is 0 Å². The first kappa shape index (κ1) is 26.7. The molecule has 0 heterocycles. The molecule has 0 fully saturated rings.